The summed E-state index contributed by atoms with van der Waals surface area (Å²) < 4.78 is 5.34. The van der Waals surface area contributed by atoms with Gasteiger partial charge < -0.3 is 20.3 Å². The fraction of sp³-hybridized carbons (Fsp3) is 0.647. The first-order valence-corrected chi connectivity index (χ1v) is 9.04. The van der Waals surface area contributed by atoms with Crippen molar-refractivity contribution in [2.75, 3.05) is 49.6 Å². The first-order valence-electron chi connectivity index (χ1n) is 9.04. The summed E-state index contributed by atoms with van der Waals surface area (Å²) in [5, 5.41) is 5.73. The maximum absolute atomic E-state index is 12.0. The standard InChI is InChI=1S/C17H28N6O2/c1-13-14(11-20-22-13)3-2-6-18-17(24)21-15-4-5-16(19-12-15)23-7-9-25-10-8-23/h4-5,12-14,20,22H,2-3,6-11H2,1H3,(H2,18,21,24). The summed E-state index contributed by atoms with van der Waals surface area (Å²) >= 11 is 0. The van der Waals surface area contributed by atoms with E-state index in [1.54, 1.807) is 6.20 Å². The van der Waals surface area contributed by atoms with E-state index >= 15 is 0 Å². The summed E-state index contributed by atoms with van der Waals surface area (Å²) in [7, 11) is 0. The number of hydrogen-bond donors (Lipinski definition) is 4. The number of hydrogen-bond acceptors (Lipinski definition) is 6. The van der Waals surface area contributed by atoms with Gasteiger partial charge in [0.1, 0.15) is 5.82 Å². The Morgan fingerprint density at radius 1 is 1.40 bits per heavy atom. The van der Waals surface area contributed by atoms with Gasteiger partial charge in [0, 0.05) is 32.2 Å². The summed E-state index contributed by atoms with van der Waals surface area (Å²) in [6.07, 6.45) is 3.76. The topological polar surface area (TPSA) is 90.5 Å². The van der Waals surface area contributed by atoms with Crippen molar-refractivity contribution in [1.82, 2.24) is 21.2 Å². The number of nitrogens with zero attached hydrogens (tertiary/aromatic N) is 2. The van der Waals surface area contributed by atoms with Gasteiger partial charge in [-0.15, -0.1) is 0 Å². The maximum Gasteiger partial charge on any atom is 0.319 e. The van der Waals surface area contributed by atoms with Crippen molar-refractivity contribution in [3.05, 3.63) is 18.3 Å². The van der Waals surface area contributed by atoms with Crippen LogP contribution in [-0.2, 0) is 4.74 Å². The molecule has 2 saturated heterocycles. The average Bonchev–Trinajstić information content (AvgIpc) is 3.05. The largest absolute Gasteiger partial charge is 0.378 e. The highest BCUT2D eigenvalue weighted by molar-refractivity contribution is 5.89. The highest BCUT2D eigenvalue weighted by atomic mass is 16.5. The first-order chi connectivity index (χ1) is 12.2. The number of carbonyl (C=O) groups excluding carboxylic acids is 1. The van der Waals surface area contributed by atoms with Crippen LogP contribution in [0.1, 0.15) is 19.8 Å². The Morgan fingerprint density at radius 2 is 2.24 bits per heavy atom. The molecule has 0 radical (unpaired) electrons. The van der Waals surface area contributed by atoms with Gasteiger partial charge in [0.05, 0.1) is 25.1 Å². The second-order valence-electron chi connectivity index (χ2n) is 6.60. The van der Waals surface area contributed by atoms with Gasteiger partial charge in [0.2, 0.25) is 0 Å². The summed E-state index contributed by atoms with van der Waals surface area (Å²) in [6, 6.07) is 4.12. The molecule has 1 aromatic heterocycles. The fourth-order valence-corrected chi connectivity index (χ4v) is 3.18. The van der Waals surface area contributed by atoms with E-state index in [0.29, 0.717) is 24.2 Å². The van der Waals surface area contributed by atoms with Gasteiger partial charge >= 0.3 is 6.03 Å². The van der Waals surface area contributed by atoms with Crippen LogP contribution in [0.25, 0.3) is 0 Å². The van der Waals surface area contributed by atoms with Crippen LogP contribution in [0.4, 0.5) is 16.3 Å². The number of anilines is 2. The monoisotopic (exact) mass is 348 g/mol. The number of ether oxygens (including phenoxy) is 1. The minimum absolute atomic E-state index is 0.184. The molecule has 2 amide bonds. The zero-order valence-electron chi connectivity index (χ0n) is 14.8. The van der Waals surface area contributed by atoms with E-state index in [1.165, 1.54) is 0 Å². The second kappa shape index (κ2) is 8.98. The predicted octanol–water partition coefficient (Wildman–Crippen LogP) is 0.932. The van der Waals surface area contributed by atoms with Crippen LogP contribution in [0, 0.1) is 5.92 Å². The Labute approximate surface area is 148 Å². The predicted molar refractivity (Wildman–Crippen MR) is 97.6 cm³/mol. The van der Waals surface area contributed by atoms with Crippen LogP contribution in [-0.4, -0.2) is 56.4 Å². The van der Waals surface area contributed by atoms with Crippen molar-refractivity contribution in [2.45, 2.75) is 25.8 Å². The molecule has 3 rings (SSSR count). The summed E-state index contributed by atoms with van der Waals surface area (Å²) in [5.41, 5.74) is 7.08. The average molecular weight is 348 g/mol. The summed E-state index contributed by atoms with van der Waals surface area (Å²) in [4.78, 5) is 18.6. The molecule has 0 spiro atoms. The zero-order chi connectivity index (χ0) is 17.5. The van der Waals surface area contributed by atoms with Crippen molar-refractivity contribution in [1.29, 1.82) is 0 Å². The smallest absolute Gasteiger partial charge is 0.319 e. The van der Waals surface area contributed by atoms with Crippen LogP contribution in [0.5, 0.6) is 0 Å². The first kappa shape index (κ1) is 17.9. The minimum atomic E-state index is -0.184. The lowest BCUT2D eigenvalue weighted by atomic mass is 9.98. The second-order valence-corrected chi connectivity index (χ2v) is 6.60. The number of rotatable bonds is 6. The molecule has 2 unspecified atom stereocenters. The maximum atomic E-state index is 12.0. The lowest BCUT2D eigenvalue weighted by Gasteiger charge is -2.27. The number of aromatic nitrogens is 1. The minimum Gasteiger partial charge on any atom is -0.378 e. The normalized spacial score (nSPS) is 23.5. The van der Waals surface area contributed by atoms with E-state index in [1.807, 2.05) is 12.1 Å². The molecular weight excluding hydrogens is 320 g/mol. The van der Waals surface area contributed by atoms with E-state index in [9.17, 15) is 4.79 Å². The molecule has 25 heavy (non-hydrogen) atoms. The van der Waals surface area contributed by atoms with E-state index in [0.717, 1.165) is 51.5 Å². The van der Waals surface area contributed by atoms with E-state index in [4.69, 9.17) is 4.74 Å². The number of nitrogens with one attached hydrogen (secondary N) is 4. The third kappa shape index (κ3) is 5.29. The Balaban J connectivity index is 1.36. The number of carbonyl (C=O) groups is 1. The number of morpholine rings is 1. The van der Waals surface area contributed by atoms with E-state index in [-0.39, 0.29) is 6.03 Å². The highest BCUT2D eigenvalue weighted by Crippen LogP contribution is 2.16. The van der Waals surface area contributed by atoms with E-state index < -0.39 is 0 Å². The molecule has 3 heterocycles. The molecule has 1 aromatic rings. The quantitative estimate of drug-likeness (QED) is 0.572. The number of hydrazine groups is 1. The molecule has 8 heteroatoms. The Hall–Kier alpha value is -1.90. The molecule has 8 nitrogen and oxygen atoms in total. The Morgan fingerprint density at radius 3 is 2.92 bits per heavy atom. The van der Waals surface area contributed by atoms with Crippen LogP contribution in [0.15, 0.2) is 18.3 Å². The van der Waals surface area contributed by atoms with Gasteiger partial charge in [-0.1, -0.05) is 0 Å². The Kier molecular flexibility index (Phi) is 6.43. The molecule has 0 aromatic carbocycles. The molecule has 2 fully saturated rings. The number of urea groups is 1. The van der Waals surface area contributed by atoms with Gasteiger partial charge in [-0.05, 0) is 37.8 Å². The SMILES string of the molecule is CC1NNCC1CCCNC(=O)Nc1ccc(N2CCOCC2)nc1. The summed E-state index contributed by atoms with van der Waals surface area (Å²) in [5.74, 6) is 1.55. The van der Waals surface area contributed by atoms with Crippen molar-refractivity contribution in [3.8, 4) is 0 Å². The lowest BCUT2D eigenvalue weighted by Crippen LogP contribution is -2.36. The van der Waals surface area contributed by atoms with Gasteiger partial charge in [0.15, 0.2) is 0 Å². The highest BCUT2D eigenvalue weighted by Gasteiger charge is 2.21. The molecule has 138 valence electrons. The van der Waals surface area contributed by atoms with Crippen molar-refractivity contribution >= 4 is 17.5 Å². The van der Waals surface area contributed by atoms with Crippen LogP contribution in [0.3, 0.4) is 0 Å². The fourth-order valence-electron chi connectivity index (χ4n) is 3.18. The van der Waals surface area contributed by atoms with Crippen molar-refractivity contribution in [2.24, 2.45) is 5.92 Å². The molecule has 2 aliphatic heterocycles. The van der Waals surface area contributed by atoms with Crippen LogP contribution < -0.4 is 26.4 Å². The molecule has 0 saturated carbocycles. The third-order valence-corrected chi connectivity index (χ3v) is 4.78. The third-order valence-electron chi connectivity index (χ3n) is 4.78. The number of amides is 2. The number of pyridine rings is 1. The van der Waals surface area contributed by atoms with Gasteiger partial charge in [-0.25, -0.2) is 9.78 Å². The molecule has 0 bridgehead atoms. The molecule has 0 aliphatic carbocycles. The molecule has 4 N–H and O–H groups in total. The van der Waals surface area contributed by atoms with Crippen molar-refractivity contribution < 1.29 is 9.53 Å². The van der Waals surface area contributed by atoms with Crippen LogP contribution >= 0.6 is 0 Å². The molecular formula is C17H28N6O2. The van der Waals surface area contributed by atoms with Crippen LogP contribution in [0.2, 0.25) is 0 Å². The van der Waals surface area contributed by atoms with Gasteiger partial charge in [-0.3, -0.25) is 10.9 Å². The van der Waals surface area contributed by atoms with E-state index in [2.05, 4.69) is 38.3 Å². The molecule has 2 aliphatic rings. The lowest BCUT2D eigenvalue weighted by molar-refractivity contribution is 0.122. The van der Waals surface area contributed by atoms with Gasteiger partial charge in [0.25, 0.3) is 0 Å². The van der Waals surface area contributed by atoms with Crippen molar-refractivity contribution in [3.63, 3.8) is 0 Å². The van der Waals surface area contributed by atoms with Gasteiger partial charge in [-0.2, -0.15) is 0 Å². The zero-order valence-corrected chi connectivity index (χ0v) is 14.8. The Bertz CT molecular complexity index is 547. The summed E-state index contributed by atoms with van der Waals surface area (Å²) in [6.45, 7) is 7.02. The molecule has 2 atom stereocenters.